The van der Waals surface area contributed by atoms with Crippen molar-refractivity contribution in [1.29, 1.82) is 0 Å². The summed E-state index contributed by atoms with van der Waals surface area (Å²) >= 11 is 0. The Labute approximate surface area is 119 Å². The number of carboxylic acid groups (broad SMARTS) is 1. The van der Waals surface area contributed by atoms with Gasteiger partial charge in [-0.05, 0) is 6.92 Å². The number of carbonyl (C=O) groups is 3. The fraction of sp³-hybridized carbons (Fsp3) is 0.545. The van der Waals surface area contributed by atoms with E-state index in [-0.39, 0.29) is 30.9 Å². The summed E-state index contributed by atoms with van der Waals surface area (Å²) in [7, 11) is 0. The number of esters is 1. The van der Waals surface area contributed by atoms with Gasteiger partial charge in [0.2, 0.25) is 0 Å². The highest BCUT2D eigenvalue weighted by atomic mass is 16.5. The number of likely N-dealkylation sites (tertiary alicyclic amines) is 1. The fourth-order valence-electron chi connectivity index (χ4n) is 1.81. The second-order valence-corrected chi connectivity index (χ2v) is 4.41. The largest absolute Gasteiger partial charge is 0.476 e. The van der Waals surface area contributed by atoms with Crippen LogP contribution in [-0.2, 0) is 9.53 Å². The predicted octanol–water partition coefficient (Wildman–Crippen LogP) is -0.894. The van der Waals surface area contributed by atoms with Crippen LogP contribution >= 0.6 is 0 Å². The first-order valence-electron chi connectivity index (χ1n) is 6.34. The highest BCUT2D eigenvalue weighted by Crippen LogP contribution is 2.20. The number of hydrogen-bond acceptors (Lipinski definition) is 6. The summed E-state index contributed by atoms with van der Waals surface area (Å²) in [6.07, 6.45) is 1.32. The molecule has 1 saturated heterocycles. The molecule has 0 radical (unpaired) electrons. The maximum absolute atomic E-state index is 11.7. The van der Waals surface area contributed by atoms with Gasteiger partial charge in [-0.15, -0.1) is 5.10 Å². The third-order valence-corrected chi connectivity index (χ3v) is 2.94. The molecular weight excluding hydrogens is 282 g/mol. The average Bonchev–Trinajstić information content (AvgIpc) is 2.84. The number of hydrogen-bond donors (Lipinski definition) is 2. The number of carbonyl (C=O) groups excluding carboxylic acids is 2. The van der Waals surface area contributed by atoms with Gasteiger partial charge in [-0.3, -0.25) is 4.79 Å². The smallest absolute Gasteiger partial charge is 0.358 e. The summed E-state index contributed by atoms with van der Waals surface area (Å²) < 4.78 is 6.10. The first kappa shape index (κ1) is 14.8. The van der Waals surface area contributed by atoms with Crippen molar-refractivity contribution >= 4 is 18.0 Å². The van der Waals surface area contributed by atoms with Gasteiger partial charge in [0.25, 0.3) is 0 Å². The second-order valence-electron chi connectivity index (χ2n) is 4.41. The third kappa shape index (κ3) is 3.46. The van der Waals surface area contributed by atoms with Gasteiger partial charge in [-0.25, -0.2) is 14.3 Å². The molecule has 1 aromatic heterocycles. The summed E-state index contributed by atoms with van der Waals surface area (Å²) in [5, 5.41) is 18.4. The van der Waals surface area contributed by atoms with Crippen molar-refractivity contribution in [3.63, 3.8) is 0 Å². The molecule has 0 saturated carbocycles. The Kier molecular flexibility index (Phi) is 4.36. The van der Waals surface area contributed by atoms with E-state index < -0.39 is 11.9 Å². The number of urea groups is 1. The molecule has 1 aromatic rings. The molecule has 114 valence electrons. The summed E-state index contributed by atoms with van der Waals surface area (Å²) in [4.78, 5) is 34.9. The lowest BCUT2D eigenvalue weighted by atomic mass is 10.1. The molecule has 2 N–H and O–H groups in total. The first-order chi connectivity index (χ1) is 10.0. The molecule has 0 aliphatic carbocycles. The van der Waals surface area contributed by atoms with Crippen LogP contribution in [0.1, 0.15) is 23.5 Å². The molecule has 2 amide bonds. The minimum Gasteiger partial charge on any atom is -0.476 e. The molecule has 1 aliphatic heterocycles. The maximum atomic E-state index is 11.7. The lowest BCUT2D eigenvalue weighted by Crippen LogP contribution is -2.55. The van der Waals surface area contributed by atoms with Gasteiger partial charge in [0.05, 0.1) is 18.8 Å². The summed E-state index contributed by atoms with van der Waals surface area (Å²) in [6.45, 7) is 2.51. The molecule has 2 rings (SSSR count). The van der Waals surface area contributed by atoms with Crippen LogP contribution < -0.4 is 5.32 Å². The number of carboxylic acids is 1. The van der Waals surface area contributed by atoms with E-state index in [2.05, 4.69) is 20.4 Å². The van der Waals surface area contributed by atoms with Crippen LogP contribution in [-0.4, -0.2) is 69.2 Å². The maximum Gasteiger partial charge on any atom is 0.358 e. The average molecular weight is 297 g/mol. The number of rotatable bonds is 5. The molecule has 10 heteroatoms. The molecule has 10 nitrogen and oxygen atoms in total. The number of aromatic carboxylic acids is 1. The number of amides is 2. The fourth-order valence-corrected chi connectivity index (χ4v) is 1.81. The van der Waals surface area contributed by atoms with E-state index in [1.165, 1.54) is 15.8 Å². The van der Waals surface area contributed by atoms with Crippen molar-refractivity contribution in [2.24, 2.45) is 0 Å². The van der Waals surface area contributed by atoms with Gasteiger partial charge in [0.1, 0.15) is 6.54 Å². The molecule has 0 aromatic carbocycles. The summed E-state index contributed by atoms with van der Waals surface area (Å²) in [6, 6.07) is -0.489. The lowest BCUT2D eigenvalue weighted by molar-refractivity contribution is -0.141. The van der Waals surface area contributed by atoms with Crippen LogP contribution in [0.5, 0.6) is 0 Å². The zero-order valence-electron chi connectivity index (χ0n) is 11.4. The molecule has 0 unspecified atom stereocenters. The minimum absolute atomic E-state index is 0.112. The van der Waals surface area contributed by atoms with Gasteiger partial charge in [-0.1, -0.05) is 5.21 Å². The van der Waals surface area contributed by atoms with Crippen LogP contribution in [0.2, 0.25) is 0 Å². The normalized spacial score (nSPS) is 14.4. The van der Waals surface area contributed by atoms with Crippen molar-refractivity contribution in [3.8, 4) is 0 Å². The van der Waals surface area contributed by atoms with E-state index in [9.17, 15) is 14.4 Å². The van der Waals surface area contributed by atoms with E-state index in [0.29, 0.717) is 13.1 Å². The quantitative estimate of drug-likeness (QED) is 0.675. The van der Waals surface area contributed by atoms with Gasteiger partial charge in [0.15, 0.2) is 5.69 Å². The van der Waals surface area contributed by atoms with Crippen molar-refractivity contribution in [2.75, 3.05) is 26.2 Å². The van der Waals surface area contributed by atoms with Gasteiger partial charge < -0.3 is 20.1 Å². The number of nitrogens with zero attached hydrogens (tertiary/aromatic N) is 4. The second kappa shape index (κ2) is 6.20. The van der Waals surface area contributed by atoms with Crippen LogP contribution in [0.15, 0.2) is 6.20 Å². The Hall–Kier alpha value is -2.65. The highest BCUT2D eigenvalue weighted by molar-refractivity contribution is 5.84. The SMILES string of the molecule is CCOC(=O)CNC(=O)N1CC(n2cc(C(=O)O)nn2)C1. The topological polar surface area (TPSA) is 127 Å². The van der Waals surface area contributed by atoms with Crippen LogP contribution in [0.3, 0.4) is 0 Å². The molecule has 1 aliphatic rings. The van der Waals surface area contributed by atoms with Crippen LogP contribution in [0.25, 0.3) is 0 Å². The van der Waals surface area contributed by atoms with Crippen molar-refractivity contribution in [2.45, 2.75) is 13.0 Å². The molecular formula is C11H15N5O5. The van der Waals surface area contributed by atoms with Gasteiger partial charge in [-0.2, -0.15) is 0 Å². The minimum atomic E-state index is -1.15. The van der Waals surface area contributed by atoms with E-state index in [1.54, 1.807) is 6.92 Å². The molecule has 21 heavy (non-hydrogen) atoms. The Morgan fingerprint density at radius 3 is 2.76 bits per heavy atom. The number of nitrogens with one attached hydrogen (secondary N) is 1. The highest BCUT2D eigenvalue weighted by Gasteiger charge is 2.33. The van der Waals surface area contributed by atoms with Crippen LogP contribution in [0, 0.1) is 0 Å². The van der Waals surface area contributed by atoms with Crippen molar-refractivity contribution in [3.05, 3.63) is 11.9 Å². The molecule has 0 bridgehead atoms. The third-order valence-electron chi connectivity index (χ3n) is 2.94. The van der Waals surface area contributed by atoms with E-state index in [1.807, 2.05) is 0 Å². The van der Waals surface area contributed by atoms with Crippen LogP contribution in [0.4, 0.5) is 4.79 Å². The van der Waals surface area contributed by atoms with E-state index in [0.717, 1.165) is 0 Å². The molecule has 0 atom stereocenters. The Bertz CT molecular complexity index is 551. The predicted molar refractivity (Wildman–Crippen MR) is 67.6 cm³/mol. The number of ether oxygens (including phenoxy) is 1. The molecule has 2 heterocycles. The standard InChI is InChI=1S/C11H15N5O5/c1-2-21-9(17)3-12-11(20)15-4-7(5-15)16-6-8(10(18)19)13-14-16/h6-7H,2-5H2,1H3,(H,12,20)(H,18,19). The summed E-state index contributed by atoms with van der Waals surface area (Å²) in [5.74, 6) is -1.64. The Balaban J connectivity index is 1.76. The lowest BCUT2D eigenvalue weighted by Gasteiger charge is -2.38. The molecule has 1 fully saturated rings. The van der Waals surface area contributed by atoms with Crippen molar-refractivity contribution in [1.82, 2.24) is 25.2 Å². The Morgan fingerprint density at radius 2 is 2.19 bits per heavy atom. The van der Waals surface area contributed by atoms with Crippen molar-refractivity contribution < 1.29 is 24.2 Å². The molecule has 0 spiro atoms. The van der Waals surface area contributed by atoms with E-state index in [4.69, 9.17) is 5.11 Å². The zero-order valence-corrected chi connectivity index (χ0v) is 11.4. The van der Waals surface area contributed by atoms with E-state index >= 15 is 0 Å². The zero-order chi connectivity index (χ0) is 15.4. The van der Waals surface area contributed by atoms with Gasteiger partial charge >= 0.3 is 18.0 Å². The Morgan fingerprint density at radius 1 is 1.48 bits per heavy atom. The first-order valence-corrected chi connectivity index (χ1v) is 6.34. The number of aromatic nitrogens is 3. The summed E-state index contributed by atoms with van der Waals surface area (Å²) in [5.41, 5.74) is -0.139. The van der Waals surface area contributed by atoms with Gasteiger partial charge in [0, 0.05) is 13.1 Å². The monoisotopic (exact) mass is 297 g/mol.